The Bertz CT molecular complexity index is 123. The predicted octanol–water partition coefficient (Wildman–Crippen LogP) is 0.0647. The van der Waals surface area contributed by atoms with Gasteiger partial charge < -0.3 is 4.43 Å². The van der Waals surface area contributed by atoms with Gasteiger partial charge in [-0.15, -0.1) is 0 Å². The molecule has 0 aliphatic carbocycles. The van der Waals surface area contributed by atoms with Crippen molar-refractivity contribution in [2.45, 2.75) is 13.3 Å². The molecule has 58 valence electrons. The third-order valence-electron chi connectivity index (χ3n) is 1.46. The van der Waals surface area contributed by atoms with E-state index in [-0.39, 0.29) is 11.7 Å². The Morgan fingerprint density at radius 2 is 2.50 bits per heavy atom. The average molecular weight is 158 g/mol. The topological polar surface area (TPSA) is 26.3 Å². The summed E-state index contributed by atoms with van der Waals surface area (Å²) in [5.74, 6) is 0.133. The summed E-state index contributed by atoms with van der Waals surface area (Å²) in [6.07, 6.45) is 2.21. The third kappa shape index (κ3) is 2.94. The van der Waals surface area contributed by atoms with Crippen LogP contribution in [0, 0.1) is 5.92 Å². The summed E-state index contributed by atoms with van der Waals surface area (Å²) < 4.78 is 4.99. The zero-order valence-electron chi connectivity index (χ0n) is 6.59. The van der Waals surface area contributed by atoms with Crippen LogP contribution in [0.25, 0.3) is 0 Å². The van der Waals surface area contributed by atoms with Gasteiger partial charge in [0.15, 0.2) is 5.78 Å². The Morgan fingerprint density at radius 1 is 1.90 bits per heavy atom. The van der Waals surface area contributed by atoms with Crippen LogP contribution < -0.4 is 0 Å². The first-order chi connectivity index (χ1) is 4.76. The van der Waals surface area contributed by atoms with Crippen LogP contribution in [0.4, 0.5) is 0 Å². The molecule has 0 saturated carbocycles. The van der Waals surface area contributed by atoms with Crippen molar-refractivity contribution < 1.29 is 9.22 Å². The van der Waals surface area contributed by atoms with E-state index in [9.17, 15) is 4.79 Å². The maximum atomic E-state index is 11.0. The van der Waals surface area contributed by atoms with E-state index >= 15 is 0 Å². The van der Waals surface area contributed by atoms with E-state index in [1.165, 1.54) is 6.08 Å². The van der Waals surface area contributed by atoms with Crippen molar-refractivity contribution in [2.75, 3.05) is 6.61 Å². The van der Waals surface area contributed by atoms with Crippen molar-refractivity contribution in [3.63, 3.8) is 0 Å². The molecule has 10 heavy (non-hydrogen) atoms. The molecule has 0 fully saturated rings. The molecule has 0 heterocycles. The van der Waals surface area contributed by atoms with Gasteiger partial charge in [0.2, 0.25) is 0 Å². The molecule has 0 radical (unpaired) electrons. The SMILES string of the molecule is C=CC(=O)C(CC)CO[SiH3]. The lowest BCUT2D eigenvalue weighted by Gasteiger charge is -2.08. The van der Waals surface area contributed by atoms with E-state index in [0.29, 0.717) is 17.1 Å². The minimum Gasteiger partial charge on any atom is -0.427 e. The maximum absolute atomic E-state index is 11.0. The molecule has 0 amide bonds. The van der Waals surface area contributed by atoms with Crippen molar-refractivity contribution in [3.05, 3.63) is 12.7 Å². The molecule has 0 rings (SSSR count). The first-order valence-corrected chi connectivity index (χ1v) is 4.23. The van der Waals surface area contributed by atoms with Crippen LogP contribution >= 0.6 is 0 Å². The van der Waals surface area contributed by atoms with E-state index in [0.717, 1.165) is 6.42 Å². The van der Waals surface area contributed by atoms with Gasteiger partial charge in [-0.2, -0.15) is 0 Å². The Balaban J connectivity index is 3.79. The number of hydrogen-bond acceptors (Lipinski definition) is 2. The first kappa shape index (κ1) is 9.59. The molecule has 3 heteroatoms. The second-order valence-electron chi connectivity index (χ2n) is 2.17. The molecule has 0 aromatic rings. The zero-order chi connectivity index (χ0) is 7.98. The summed E-state index contributed by atoms with van der Waals surface area (Å²) >= 11 is 0. The molecule has 0 aromatic heterocycles. The zero-order valence-corrected chi connectivity index (χ0v) is 8.59. The van der Waals surface area contributed by atoms with Crippen LogP contribution in [0.3, 0.4) is 0 Å². The molecule has 0 spiro atoms. The Morgan fingerprint density at radius 3 is 2.80 bits per heavy atom. The van der Waals surface area contributed by atoms with Gasteiger partial charge in [0.1, 0.15) is 10.5 Å². The lowest BCUT2D eigenvalue weighted by Crippen LogP contribution is -2.16. The quantitative estimate of drug-likeness (QED) is 0.418. The van der Waals surface area contributed by atoms with E-state index in [1.54, 1.807) is 0 Å². The molecule has 0 aliphatic rings. The normalized spacial score (nSPS) is 12.9. The van der Waals surface area contributed by atoms with Gasteiger partial charge in [0.25, 0.3) is 0 Å². The van der Waals surface area contributed by atoms with Crippen LogP contribution in [0.1, 0.15) is 13.3 Å². The van der Waals surface area contributed by atoms with Crippen LogP contribution in [0.5, 0.6) is 0 Å². The molecule has 0 saturated heterocycles. The summed E-state index contributed by atoms with van der Waals surface area (Å²) in [6.45, 7) is 5.96. The number of carbonyl (C=O) groups is 1. The maximum Gasteiger partial charge on any atom is 0.160 e. The number of carbonyl (C=O) groups excluding carboxylic acids is 1. The first-order valence-electron chi connectivity index (χ1n) is 3.41. The van der Waals surface area contributed by atoms with Crippen LogP contribution in [0.15, 0.2) is 12.7 Å². The fourth-order valence-corrected chi connectivity index (χ4v) is 1.17. The number of allylic oxidation sites excluding steroid dienone is 1. The second-order valence-corrected chi connectivity index (χ2v) is 2.74. The summed E-state index contributed by atoms with van der Waals surface area (Å²) in [7, 11) is 0.703. The van der Waals surface area contributed by atoms with Gasteiger partial charge >= 0.3 is 0 Å². The van der Waals surface area contributed by atoms with Gasteiger partial charge in [-0.05, 0) is 12.5 Å². The monoisotopic (exact) mass is 158 g/mol. The summed E-state index contributed by atoms with van der Waals surface area (Å²) in [5, 5.41) is 0. The van der Waals surface area contributed by atoms with Gasteiger partial charge in [0, 0.05) is 12.5 Å². The third-order valence-corrected chi connectivity index (χ3v) is 1.80. The summed E-state index contributed by atoms with van der Waals surface area (Å²) in [5.41, 5.74) is 0. The smallest absolute Gasteiger partial charge is 0.160 e. The highest BCUT2D eigenvalue weighted by Gasteiger charge is 2.11. The van der Waals surface area contributed by atoms with Crippen LogP contribution in [0.2, 0.25) is 0 Å². The average Bonchev–Trinajstić information content (AvgIpc) is 1.99. The molecule has 0 aromatic carbocycles. The molecular formula is C7H14O2Si. The van der Waals surface area contributed by atoms with Crippen molar-refractivity contribution >= 4 is 16.3 Å². The lowest BCUT2D eigenvalue weighted by molar-refractivity contribution is -0.119. The highest BCUT2D eigenvalue weighted by Crippen LogP contribution is 2.04. The van der Waals surface area contributed by atoms with Gasteiger partial charge in [0.05, 0.1) is 0 Å². The molecule has 0 bridgehead atoms. The fourth-order valence-electron chi connectivity index (χ4n) is 0.769. The second kappa shape index (κ2) is 5.38. The van der Waals surface area contributed by atoms with Crippen LogP contribution in [-0.2, 0) is 9.22 Å². The largest absolute Gasteiger partial charge is 0.427 e. The van der Waals surface area contributed by atoms with E-state index in [2.05, 4.69) is 6.58 Å². The highest BCUT2D eigenvalue weighted by atomic mass is 28.2. The predicted molar refractivity (Wildman–Crippen MR) is 44.9 cm³/mol. The van der Waals surface area contributed by atoms with Gasteiger partial charge in [-0.3, -0.25) is 4.79 Å². The van der Waals surface area contributed by atoms with E-state index in [1.807, 2.05) is 6.92 Å². The van der Waals surface area contributed by atoms with Crippen molar-refractivity contribution in [2.24, 2.45) is 5.92 Å². The van der Waals surface area contributed by atoms with Gasteiger partial charge in [-0.25, -0.2) is 0 Å². The molecular weight excluding hydrogens is 144 g/mol. The molecule has 1 unspecified atom stereocenters. The number of hydrogen-bond donors (Lipinski definition) is 0. The molecule has 2 nitrogen and oxygen atoms in total. The lowest BCUT2D eigenvalue weighted by atomic mass is 10.0. The van der Waals surface area contributed by atoms with E-state index in [4.69, 9.17) is 4.43 Å². The Kier molecular flexibility index (Phi) is 5.16. The Hall–Kier alpha value is -0.413. The molecule has 1 atom stereocenters. The van der Waals surface area contributed by atoms with Crippen molar-refractivity contribution in [1.82, 2.24) is 0 Å². The Labute approximate surface area is 64.8 Å². The minimum atomic E-state index is 0.0370. The standard InChI is InChI=1S/C7H14O2Si/c1-3-6(5-9-10)7(8)4-2/h4,6H,2-3,5H2,1,10H3. The highest BCUT2D eigenvalue weighted by molar-refractivity contribution is 5.98. The summed E-state index contributed by atoms with van der Waals surface area (Å²) in [4.78, 5) is 11.0. The van der Waals surface area contributed by atoms with Gasteiger partial charge in [-0.1, -0.05) is 13.5 Å². The number of ketones is 1. The van der Waals surface area contributed by atoms with Crippen molar-refractivity contribution in [3.8, 4) is 0 Å². The minimum absolute atomic E-state index is 0.0370. The number of rotatable bonds is 5. The summed E-state index contributed by atoms with van der Waals surface area (Å²) in [6, 6.07) is 0. The fraction of sp³-hybridized carbons (Fsp3) is 0.571. The van der Waals surface area contributed by atoms with Crippen molar-refractivity contribution in [1.29, 1.82) is 0 Å². The molecule has 0 aliphatic heterocycles. The molecule has 0 N–H and O–H groups in total. The van der Waals surface area contributed by atoms with E-state index < -0.39 is 0 Å². The van der Waals surface area contributed by atoms with Crippen LogP contribution in [-0.4, -0.2) is 22.9 Å².